The van der Waals surface area contributed by atoms with Crippen molar-refractivity contribution in [2.75, 3.05) is 32.8 Å². The number of benzene rings is 1. The van der Waals surface area contributed by atoms with Crippen molar-refractivity contribution < 1.29 is 9.26 Å². The van der Waals surface area contributed by atoms with Crippen LogP contribution in [0.15, 0.2) is 29.0 Å². The molecule has 7 nitrogen and oxygen atoms in total. The third-order valence-corrected chi connectivity index (χ3v) is 6.57. The van der Waals surface area contributed by atoms with Crippen LogP contribution in [-0.4, -0.2) is 57.4 Å². The molecular weight excluding hydrogens is 378 g/mol. The highest BCUT2D eigenvalue weighted by Crippen LogP contribution is 2.29. The number of morpholine rings is 1. The zero-order chi connectivity index (χ0) is 20.2. The number of fused-ring (bicyclic) bond motifs is 1. The standard InChI is InChI=1S/C23H31N5O2/c1-2-5-18(4-1)6-9-22-25-23(26-30-22)19-7-8-21-20(16-19)24-17-28(21)11-3-10-27-12-14-29-15-13-27/h7-8,16-18H,1-6,9-15H2. The van der Waals surface area contributed by atoms with Gasteiger partial charge in [0.05, 0.1) is 30.6 Å². The predicted octanol–water partition coefficient (Wildman–Crippen LogP) is 3.93. The zero-order valence-electron chi connectivity index (χ0n) is 17.6. The van der Waals surface area contributed by atoms with Crippen molar-refractivity contribution in [3.05, 3.63) is 30.4 Å². The lowest BCUT2D eigenvalue weighted by atomic mass is 10.0. The van der Waals surface area contributed by atoms with Gasteiger partial charge in [0, 0.05) is 38.2 Å². The van der Waals surface area contributed by atoms with Gasteiger partial charge in [-0.25, -0.2) is 4.98 Å². The van der Waals surface area contributed by atoms with Crippen molar-refractivity contribution in [2.24, 2.45) is 5.92 Å². The summed E-state index contributed by atoms with van der Waals surface area (Å²) in [5, 5.41) is 4.21. The first-order chi connectivity index (χ1) is 14.8. The fourth-order valence-electron chi connectivity index (χ4n) is 4.77. The number of hydrogen-bond donors (Lipinski definition) is 0. The van der Waals surface area contributed by atoms with E-state index in [1.54, 1.807) is 0 Å². The Morgan fingerprint density at radius 1 is 1.07 bits per heavy atom. The predicted molar refractivity (Wildman–Crippen MR) is 115 cm³/mol. The molecule has 0 radical (unpaired) electrons. The van der Waals surface area contributed by atoms with Gasteiger partial charge < -0.3 is 13.8 Å². The summed E-state index contributed by atoms with van der Waals surface area (Å²) in [4.78, 5) is 11.7. The lowest BCUT2D eigenvalue weighted by molar-refractivity contribution is 0.0369. The SMILES string of the molecule is c1cc2c(cc1-c1noc(CCC3CCCC3)n1)ncn2CCCN1CCOCC1. The van der Waals surface area contributed by atoms with Crippen LogP contribution >= 0.6 is 0 Å². The molecule has 5 rings (SSSR count). The van der Waals surface area contributed by atoms with E-state index in [0.717, 1.165) is 87.1 Å². The Balaban J connectivity index is 1.20. The Kier molecular flexibility index (Phi) is 6.08. The molecule has 0 bridgehead atoms. The van der Waals surface area contributed by atoms with Gasteiger partial charge in [-0.1, -0.05) is 30.8 Å². The van der Waals surface area contributed by atoms with E-state index < -0.39 is 0 Å². The highest BCUT2D eigenvalue weighted by Gasteiger charge is 2.17. The summed E-state index contributed by atoms with van der Waals surface area (Å²) in [5.41, 5.74) is 3.11. The van der Waals surface area contributed by atoms with Crippen LogP contribution in [0, 0.1) is 5.92 Å². The van der Waals surface area contributed by atoms with Crippen LogP contribution in [0.1, 0.15) is 44.4 Å². The van der Waals surface area contributed by atoms with E-state index in [1.807, 2.05) is 6.33 Å². The lowest BCUT2D eigenvalue weighted by Gasteiger charge is -2.26. The maximum Gasteiger partial charge on any atom is 0.226 e. The fraction of sp³-hybridized carbons (Fsp3) is 0.609. The van der Waals surface area contributed by atoms with Gasteiger partial charge in [0.2, 0.25) is 11.7 Å². The molecule has 0 spiro atoms. The topological polar surface area (TPSA) is 69.2 Å². The summed E-state index contributed by atoms with van der Waals surface area (Å²) < 4.78 is 13.2. The monoisotopic (exact) mass is 409 g/mol. The van der Waals surface area contributed by atoms with Gasteiger partial charge in [0.25, 0.3) is 0 Å². The van der Waals surface area contributed by atoms with E-state index in [2.05, 4.69) is 42.8 Å². The smallest absolute Gasteiger partial charge is 0.226 e. The zero-order valence-corrected chi connectivity index (χ0v) is 17.6. The molecule has 1 saturated heterocycles. The summed E-state index contributed by atoms with van der Waals surface area (Å²) in [6, 6.07) is 6.27. The maximum atomic E-state index is 5.51. The van der Waals surface area contributed by atoms with Crippen molar-refractivity contribution in [1.82, 2.24) is 24.6 Å². The van der Waals surface area contributed by atoms with E-state index in [4.69, 9.17) is 9.26 Å². The summed E-state index contributed by atoms with van der Waals surface area (Å²) in [5.74, 6) is 2.26. The van der Waals surface area contributed by atoms with Gasteiger partial charge in [0.15, 0.2) is 0 Å². The van der Waals surface area contributed by atoms with Crippen molar-refractivity contribution in [3.8, 4) is 11.4 Å². The molecule has 3 heterocycles. The minimum absolute atomic E-state index is 0.667. The van der Waals surface area contributed by atoms with Crippen LogP contribution in [0.4, 0.5) is 0 Å². The van der Waals surface area contributed by atoms with Crippen LogP contribution < -0.4 is 0 Å². The second-order valence-electron chi connectivity index (χ2n) is 8.65. The molecule has 7 heteroatoms. The van der Waals surface area contributed by atoms with E-state index in [0.29, 0.717) is 5.82 Å². The van der Waals surface area contributed by atoms with Crippen molar-refractivity contribution in [2.45, 2.75) is 51.5 Å². The quantitative estimate of drug-likeness (QED) is 0.561. The number of aromatic nitrogens is 4. The van der Waals surface area contributed by atoms with Crippen molar-refractivity contribution in [1.29, 1.82) is 0 Å². The number of hydrogen-bond acceptors (Lipinski definition) is 6. The number of aryl methyl sites for hydroxylation is 2. The molecule has 1 aromatic carbocycles. The molecule has 2 fully saturated rings. The third kappa shape index (κ3) is 4.57. The first kappa shape index (κ1) is 19.7. The largest absolute Gasteiger partial charge is 0.379 e. The molecule has 2 aromatic heterocycles. The number of imidazole rings is 1. The van der Waals surface area contributed by atoms with Gasteiger partial charge >= 0.3 is 0 Å². The average Bonchev–Trinajstić information content (AvgIpc) is 3.54. The van der Waals surface area contributed by atoms with Crippen LogP contribution in [0.5, 0.6) is 0 Å². The van der Waals surface area contributed by atoms with Crippen LogP contribution in [0.2, 0.25) is 0 Å². The average molecular weight is 410 g/mol. The maximum absolute atomic E-state index is 5.51. The van der Waals surface area contributed by atoms with Gasteiger partial charge in [-0.05, 0) is 37.0 Å². The summed E-state index contributed by atoms with van der Waals surface area (Å²) in [6.07, 6.45) is 10.6. The molecule has 0 amide bonds. The Bertz CT molecular complexity index is 954. The van der Waals surface area contributed by atoms with Gasteiger partial charge in [-0.3, -0.25) is 4.90 Å². The van der Waals surface area contributed by atoms with Crippen molar-refractivity contribution in [3.63, 3.8) is 0 Å². The Labute approximate surface area is 177 Å². The molecule has 0 N–H and O–H groups in total. The summed E-state index contributed by atoms with van der Waals surface area (Å²) in [7, 11) is 0. The van der Waals surface area contributed by atoms with Crippen LogP contribution in [0.3, 0.4) is 0 Å². The first-order valence-corrected chi connectivity index (χ1v) is 11.4. The fourth-order valence-corrected chi connectivity index (χ4v) is 4.77. The van der Waals surface area contributed by atoms with Gasteiger partial charge in [0.1, 0.15) is 0 Å². The molecule has 160 valence electrons. The van der Waals surface area contributed by atoms with E-state index >= 15 is 0 Å². The molecule has 1 saturated carbocycles. The van der Waals surface area contributed by atoms with E-state index in [1.165, 1.54) is 25.7 Å². The number of ether oxygens (including phenoxy) is 1. The Hall–Kier alpha value is -2.25. The lowest BCUT2D eigenvalue weighted by Crippen LogP contribution is -2.37. The molecular formula is C23H31N5O2. The molecule has 0 unspecified atom stereocenters. The highest BCUT2D eigenvalue weighted by molar-refractivity contribution is 5.80. The molecule has 1 aliphatic heterocycles. The Morgan fingerprint density at radius 3 is 2.80 bits per heavy atom. The summed E-state index contributed by atoms with van der Waals surface area (Å²) in [6.45, 7) is 5.88. The second kappa shape index (κ2) is 9.27. The third-order valence-electron chi connectivity index (χ3n) is 6.57. The minimum Gasteiger partial charge on any atom is -0.379 e. The molecule has 1 aliphatic carbocycles. The normalized spacial score (nSPS) is 18.5. The number of nitrogens with zero attached hydrogens (tertiary/aromatic N) is 5. The molecule has 2 aliphatic rings. The first-order valence-electron chi connectivity index (χ1n) is 11.4. The van der Waals surface area contributed by atoms with E-state index in [-0.39, 0.29) is 0 Å². The van der Waals surface area contributed by atoms with Gasteiger partial charge in [-0.2, -0.15) is 4.98 Å². The van der Waals surface area contributed by atoms with Gasteiger partial charge in [-0.15, -0.1) is 0 Å². The van der Waals surface area contributed by atoms with Crippen molar-refractivity contribution >= 4 is 11.0 Å². The summed E-state index contributed by atoms with van der Waals surface area (Å²) >= 11 is 0. The Morgan fingerprint density at radius 2 is 1.93 bits per heavy atom. The van der Waals surface area contributed by atoms with E-state index in [9.17, 15) is 0 Å². The van der Waals surface area contributed by atoms with Crippen LogP contribution in [0.25, 0.3) is 22.4 Å². The minimum atomic E-state index is 0.667. The molecule has 3 aromatic rings. The number of rotatable bonds is 8. The molecule has 30 heavy (non-hydrogen) atoms. The highest BCUT2D eigenvalue weighted by atomic mass is 16.5. The van der Waals surface area contributed by atoms with Crippen LogP contribution in [-0.2, 0) is 17.7 Å². The molecule has 0 atom stereocenters. The second-order valence-corrected chi connectivity index (χ2v) is 8.65.